The van der Waals surface area contributed by atoms with E-state index in [1.54, 1.807) is 25.3 Å². The van der Waals surface area contributed by atoms with E-state index in [0.29, 0.717) is 11.7 Å². The van der Waals surface area contributed by atoms with Crippen LogP contribution < -0.4 is 21.3 Å². The van der Waals surface area contributed by atoms with Crippen LogP contribution in [0.25, 0.3) is 0 Å². The van der Waals surface area contributed by atoms with E-state index in [1.807, 2.05) is 0 Å². The highest BCUT2D eigenvalue weighted by atomic mass is 35.5. The van der Waals surface area contributed by atoms with Crippen LogP contribution in [0.1, 0.15) is 0 Å². The molecule has 13 heavy (non-hydrogen) atoms. The quantitative estimate of drug-likeness (QED) is 0.389. The molecule has 1 aromatic rings. The van der Waals surface area contributed by atoms with Crippen molar-refractivity contribution >= 4 is 17.3 Å². The lowest BCUT2D eigenvalue weighted by molar-refractivity contribution is 0.416. The summed E-state index contributed by atoms with van der Waals surface area (Å²) in [6.45, 7) is 0.455. The summed E-state index contributed by atoms with van der Waals surface area (Å²) in [5.41, 5.74) is 3.29. The van der Waals surface area contributed by atoms with Crippen molar-refractivity contribution in [2.45, 2.75) is 0 Å². The van der Waals surface area contributed by atoms with Gasteiger partial charge in [0.2, 0.25) is 0 Å². The summed E-state index contributed by atoms with van der Waals surface area (Å²) in [7, 11) is 1.60. The van der Waals surface area contributed by atoms with Gasteiger partial charge in [-0.05, 0) is 18.2 Å². The molecule has 4 N–H and O–H groups in total. The Morgan fingerprint density at radius 1 is 1.54 bits per heavy atom. The number of hydrogen-bond acceptors (Lipinski definition) is 4. The molecular weight excluding hydrogens is 190 g/mol. The first-order valence-corrected chi connectivity index (χ1v) is 4.16. The Labute approximate surface area is 82.0 Å². The van der Waals surface area contributed by atoms with Gasteiger partial charge >= 0.3 is 0 Å². The van der Waals surface area contributed by atoms with Crippen molar-refractivity contribution in [2.24, 2.45) is 5.84 Å². The standard InChI is InChI=1S/C8H12ClN3O/c1-13-8-3-2-6(9)4-7(8)11-5-12-10/h2-4,11-12H,5,10H2,1H3. The van der Waals surface area contributed by atoms with Gasteiger partial charge in [-0.25, -0.2) is 5.43 Å². The second-order valence-corrected chi connectivity index (χ2v) is 2.84. The fourth-order valence-electron chi connectivity index (χ4n) is 0.965. The normalized spacial score (nSPS) is 9.77. The summed E-state index contributed by atoms with van der Waals surface area (Å²) in [6.07, 6.45) is 0. The van der Waals surface area contributed by atoms with E-state index in [0.717, 1.165) is 11.4 Å². The van der Waals surface area contributed by atoms with Crippen LogP contribution >= 0.6 is 11.6 Å². The minimum Gasteiger partial charge on any atom is -0.495 e. The van der Waals surface area contributed by atoms with Crippen LogP contribution in [0.15, 0.2) is 18.2 Å². The third-order valence-corrected chi connectivity index (χ3v) is 1.78. The number of hydrogen-bond donors (Lipinski definition) is 3. The van der Waals surface area contributed by atoms with E-state index in [2.05, 4.69) is 10.7 Å². The van der Waals surface area contributed by atoms with Gasteiger partial charge in [-0.15, -0.1) is 0 Å². The van der Waals surface area contributed by atoms with Crippen molar-refractivity contribution in [1.29, 1.82) is 0 Å². The van der Waals surface area contributed by atoms with Crippen molar-refractivity contribution in [3.8, 4) is 5.75 Å². The molecule has 72 valence electrons. The lowest BCUT2D eigenvalue weighted by atomic mass is 10.3. The molecule has 0 amide bonds. The van der Waals surface area contributed by atoms with E-state index in [4.69, 9.17) is 22.2 Å². The average molecular weight is 202 g/mol. The molecule has 0 aromatic heterocycles. The first-order chi connectivity index (χ1) is 6.27. The summed E-state index contributed by atoms with van der Waals surface area (Å²) in [6, 6.07) is 5.33. The van der Waals surface area contributed by atoms with E-state index in [1.165, 1.54) is 0 Å². The zero-order valence-electron chi connectivity index (χ0n) is 7.30. The molecule has 0 atom stereocenters. The van der Waals surface area contributed by atoms with Gasteiger partial charge in [0.25, 0.3) is 0 Å². The smallest absolute Gasteiger partial charge is 0.142 e. The van der Waals surface area contributed by atoms with E-state index >= 15 is 0 Å². The number of halogens is 1. The zero-order chi connectivity index (χ0) is 9.68. The number of anilines is 1. The molecule has 0 unspecified atom stereocenters. The van der Waals surface area contributed by atoms with Crippen LogP contribution in [0.2, 0.25) is 5.02 Å². The van der Waals surface area contributed by atoms with E-state index in [-0.39, 0.29) is 0 Å². The maximum absolute atomic E-state index is 5.81. The first kappa shape index (κ1) is 10.1. The van der Waals surface area contributed by atoms with Gasteiger partial charge in [0.1, 0.15) is 5.75 Å². The van der Waals surface area contributed by atoms with Crippen molar-refractivity contribution < 1.29 is 4.74 Å². The number of nitrogens with two attached hydrogens (primary N) is 1. The largest absolute Gasteiger partial charge is 0.495 e. The molecule has 0 spiro atoms. The third kappa shape index (κ3) is 2.77. The number of methoxy groups -OCH3 is 1. The highest BCUT2D eigenvalue weighted by molar-refractivity contribution is 6.30. The van der Waals surface area contributed by atoms with Crippen LogP contribution in [-0.4, -0.2) is 13.8 Å². The molecule has 4 nitrogen and oxygen atoms in total. The van der Waals surface area contributed by atoms with Crippen molar-refractivity contribution in [2.75, 3.05) is 19.1 Å². The van der Waals surface area contributed by atoms with Crippen molar-refractivity contribution in [3.63, 3.8) is 0 Å². The summed E-state index contributed by atoms with van der Waals surface area (Å²) < 4.78 is 5.11. The number of nitrogens with one attached hydrogen (secondary N) is 2. The monoisotopic (exact) mass is 201 g/mol. The Morgan fingerprint density at radius 2 is 2.31 bits per heavy atom. The molecular formula is C8H12ClN3O. The van der Waals surface area contributed by atoms with Gasteiger partial charge in [0, 0.05) is 5.02 Å². The third-order valence-electron chi connectivity index (χ3n) is 1.54. The minimum absolute atomic E-state index is 0.455. The van der Waals surface area contributed by atoms with Crippen LogP contribution in [-0.2, 0) is 0 Å². The minimum atomic E-state index is 0.455. The van der Waals surface area contributed by atoms with Crippen molar-refractivity contribution in [1.82, 2.24) is 5.43 Å². The Balaban J connectivity index is 2.81. The molecule has 1 rings (SSSR count). The van der Waals surface area contributed by atoms with Gasteiger partial charge < -0.3 is 10.1 Å². The lowest BCUT2D eigenvalue weighted by Gasteiger charge is -2.10. The molecule has 0 heterocycles. The summed E-state index contributed by atoms with van der Waals surface area (Å²) in [4.78, 5) is 0. The van der Waals surface area contributed by atoms with Crippen LogP contribution in [0.5, 0.6) is 5.75 Å². The highest BCUT2D eigenvalue weighted by Crippen LogP contribution is 2.26. The summed E-state index contributed by atoms with van der Waals surface area (Å²) in [5.74, 6) is 5.86. The highest BCUT2D eigenvalue weighted by Gasteiger charge is 2.01. The van der Waals surface area contributed by atoms with Crippen LogP contribution in [0.4, 0.5) is 5.69 Å². The molecule has 1 aromatic carbocycles. The molecule has 0 saturated carbocycles. The second kappa shape index (κ2) is 4.91. The van der Waals surface area contributed by atoms with E-state index in [9.17, 15) is 0 Å². The summed E-state index contributed by atoms with van der Waals surface area (Å²) >= 11 is 5.81. The van der Waals surface area contributed by atoms with Gasteiger partial charge in [-0.3, -0.25) is 5.84 Å². The number of rotatable bonds is 4. The van der Waals surface area contributed by atoms with Gasteiger partial charge in [0.05, 0.1) is 19.5 Å². The first-order valence-electron chi connectivity index (χ1n) is 3.79. The maximum Gasteiger partial charge on any atom is 0.142 e. The lowest BCUT2D eigenvalue weighted by Crippen LogP contribution is -2.28. The molecule has 0 aliphatic rings. The van der Waals surface area contributed by atoms with Crippen LogP contribution in [0, 0.1) is 0 Å². The Kier molecular flexibility index (Phi) is 3.82. The fourth-order valence-corrected chi connectivity index (χ4v) is 1.14. The number of benzene rings is 1. The predicted octanol–water partition coefficient (Wildman–Crippen LogP) is 1.18. The zero-order valence-corrected chi connectivity index (χ0v) is 8.06. The molecule has 5 heteroatoms. The molecule has 0 fully saturated rings. The SMILES string of the molecule is COc1ccc(Cl)cc1NCNN. The van der Waals surface area contributed by atoms with Gasteiger partial charge in [-0.2, -0.15) is 0 Å². The Morgan fingerprint density at radius 3 is 2.92 bits per heavy atom. The maximum atomic E-state index is 5.81. The van der Waals surface area contributed by atoms with E-state index < -0.39 is 0 Å². The van der Waals surface area contributed by atoms with Gasteiger partial charge in [0.15, 0.2) is 0 Å². The molecule has 0 saturated heterocycles. The Bertz CT molecular complexity index is 280. The second-order valence-electron chi connectivity index (χ2n) is 2.40. The molecule has 0 aliphatic heterocycles. The van der Waals surface area contributed by atoms with Crippen LogP contribution in [0.3, 0.4) is 0 Å². The molecule has 0 bridgehead atoms. The molecule has 0 aliphatic carbocycles. The van der Waals surface area contributed by atoms with Gasteiger partial charge in [-0.1, -0.05) is 11.6 Å². The average Bonchev–Trinajstić information content (AvgIpc) is 2.15. The topological polar surface area (TPSA) is 59.3 Å². The summed E-state index contributed by atoms with van der Waals surface area (Å²) in [5, 5.41) is 3.66. The molecule has 0 radical (unpaired) electrons. The number of hydrazine groups is 1. The van der Waals surface area contributed by atoms with Crippen molar-refractivity contribution in [3.05, 3.63) is 23.2 Å². The Hall–Kier alpha value is -0.970. The fraction of sp³-hybridized carbons (Fsp3) is 0.250. The predicted molar refractivity (Wildman–Crippen MR) is 53.8 cm³/mol. The number of ether oxygens (including phenoxy) is 1.